The molecule has 1 aromatic rings. The monoisotopic (exact) mass is 317 g/mol. The predicted octanol–water partition coefficient (Wildman–Crippen LogP) is 2.73. The van der Waals surface area contributed by atoms with Gasteiger partial charge < -0.3 is 14.4 Å². The maximum Gasteiger partial charge on any atom is 0.340 e. The fourth-order valence-corrected chi connectivity index (χ4v) is 3.29. The van der Waals surface area contributed by atoms with Gasteiger partial charge in [0.1, 0.15) is 5.60 Å². The molecule has 0 aliphatic carbocycles. The van der Waals surface area contributed by atoms with E-state index in [1.807, 2.05) is 26.0 Å². The van der Waals surface area contributed by atoms with Crippen molar-refractivity contribution in [3.8, 4) is 0 Å². The van der Waals surface area contributed by atoms with Crippen LogP contribution in [0.3, 0.4) is 0 Å². The second-order valence-electron chi connectivity index (χ2n) is 6.63. The van der Waals surface area contributed by atoms with E-state index in [0.29, 0.717) is 30.8 Å². The minimum atomic E-state index is -0.684. The van der Waals surface area contributed by atoms with Crippen molar-refractivity contribution in [3.63, 3.8) is 0 Å². The Bertz CT molecular complexity index is 638. The molecule has 0 bridgehead atoms. The Hall–Kier alpha value is -1.88. The smallest absolute Gasteiger partial charge is 0.340 e. The van der Waals surface area contributed by atoms with Crippen LogP contribution < -0.4 is 0 Å². The quantitative estimate of drug-likeness (QED) is 0.787. The van der Waals surface area contributed by atoms with Gasteiger partial charge in [-0.15, -0.1) is 0 Å². The summed E-state index contributed by atoms with van der Waals surface area (Å²) in [6.07, 6.45) is 1.74. The Kier molecular flexibility index (Phi) is 4.15. The van der Waals surface area contributed by atoms with Crippen LogP contribution in [0.5, 0.6) is 0 Å². The Labute approximate surface area is 136 Å². The van der Waals surface area contributed by atoms with E-state index >= 15 is 0 Å². The molecule has 0 unspecified atom stereocenters. The van der Waals surface area contributed by atoms with Crippen LogP contribution in [0.15, 0.2) is 18.2 Å². The molecular weight excluding hydrogens is 294 g/mol. The molecule has 1 saturated heterocycles. The number of fused-ring (bicyclic) bond motifs is 1. The summed E-state index contributed by atoms with van der Waals surface area (Å²) in [4.78, 5) is 27.1. The van der Waals surface area contributed by atoms with Gasteiger partial charge in [-0.05, 0) is 32.8 Å². The number of cyclic esters (lactones) is 1. The molecule has 5 heteroatoms. The van der Waals surface area contributed by atoms with Crippen molar-refractivity contribution in [2.75, 3.05) is 19.7 Å². The Morgan fingerprint density at radius 2 is 2.17 bits per heavy atom. The minimum Gasteiger partial charge on any atom is -0.451 e. The lowest BCUT2D eigenvalue weighted by molar-refractivity contribution is 0.00942. The van der Waals surface area contributed by atoms with Gasteiger partial charge in [0, 0.05) is 25.3 Å². The fourth-order valence-electron chi connectivity index (χ4n) is 3.29. The number of amides is 1. The number of rotatable bonds is 2. The van der Waals surface area contributed by atoms with E-state index in [9.17, 15) is 9.59 Å². The standard InChI is InChI=1S/C18H23NO4/c1-4-12-11-19(9-6-10-22-12)16(20)13-7-5-8-14-15(13)17(21)23-18(14,2)3/h5,7-8,12H,4,6,9-11H2,1-3H3/t12-/m0/s1. The van der Waals surface area contributed by atoms with Crippen LogP contribution in [0, 0.1) is 0 Å². The van der Waals surface area contributed by atoms with Crippen LogP contribution >= 0.6 is 0 Å². The Morgan fingerprint density at radius 3 is 2.91 bits per heavy atom. The second kappa shape index (κ2) is 5.96. The van der Waals surface area contributed by atoms with Gasteiger partial charge in [-0.25, -0.2) is 4.79 Å². The summed E-state index contributed by atoms with van der Waals surface area (Å²) >= 11 is 0. The van der Waals surface area contributed by atoms with Crippen LogP contribution in [0.2, 0.25) is 0 Å². The van der Waals surface area contributed by atoms with Crippen molar-refractivity contribution in [1.82, 2.24) is 4.90 Å². The summed E-state index contributed by atoms with van der Waals surface area (Å²) in [7, 11) is 0. The maximum absolute atomic E-state index is 13.0. The van der Waals surface area contributed by atoms with Gasteiger partial charge in [0.25, 0.3) is 5.91 Å². The number of ether oxygens (including phenoxy) is 2. The van der Waals surface area contributed by atoms with E-state index in [0.717, 1.165) is 18.4 Å². The van der Waals surface area contributed by atoms with Gasteiger partial charge >= 0.3 is 5.97 Å². The van der Waals surface area contributed by atoms with Gasteiger partial charge in [0.15, 0.2) is 0 Å². The molecule has 1 fully saturated rings. The maximum atomic E-state index is 13.0. The topological polar surface area (TPSA) is 55.8 Å². The predicted molar refractivity (Wildman–Crippen MR) is 85.4 cm³/mol. The molecule has 1 aromatic carbocycles. The summed E-state index contributed by atoms with van der Waals surface area (Å²) < 4.78 is 11.2. The largest absolute Gasteiger partial charge is 0.451 e. The van der Waals surface area contributed by atoms with Gasteiger partial charge in [-0.3, -0.25) is 4.79 Å². The number of benzene rings is 1. The highest BCUT2D eigenvalue weighted by molar-refractivity contribution is 6.08. The first-order chi connectivity index (χ1) is 10.9. The lowest BCUT2D eigenvalue weighted by Crippen LogP contribution is -2.37. The average molecular weight is 317 g/mol. The van der Waals surface area contributed by atoms with E-state index in [4.69, 9.17) is 9.47 Å². The molecule has 2 aliphatic heterocycles. The van der Waals surface area contributed by atoms with Crippen LogP contribution in [0.4, 0.5) is 0 Å². The molecule has 0 spiro atoms. The average Bonchev–Trinajstić information content (AvgIpc) is 2.71. The summed E-state index contributed by atoms with van der Waals surface area (Å²) in [5, 5.41) is 0. The van der Waals surface area contributed by atoms with E-state index in [1.165, 1.54) is 0 Å². The molecule has 0 N–H and O–H groups in total. The van der Waals surface area contributed by atoms with E-state index in [-0.39, 0.29) is 12.0 Å². The highest BCUT2D eigenvalue weighted by Crippen LogP contribution is 2.37. The summed E-state index contributed by atoms with van der Waals surface area (Å²) in [6.45, 7) is 7.63. The molecule has 0 radical (unpaired) electrons. The summed E-state index contributed by atoms with van der Waals surface area (Å²) in [6, 6.07) is 5.40. The molecule has 3 rings (SSSR count). The van der Waals surface area contributed by atoms with Crippen molar-refractivity contribution in [1.29, 1.82) is 0 Å². The molecule has 5 nitrogen and oxygen atoms in total. The Morgan fingerprint density at radius 1 is 1.39 bits per heavy atom. The zero-order valence-electron chi connectivity index (χ0n) is 13.9. The molecule has 124 valence electrons. The summed E-state index contributed by atoms with van der Waals surface area (Å²) in [5.74, 6) is -0.521. The van der Waals surface area contributed by atoms with Crippen molar-refractivity contribution in [3.05, 3.63) is 34.9 Å². The normalized spacial score (nSPS) is 23.2. The van der Waals surface area contributed by atoms with E-state index < -0.39 is 11.6 Å². The zero-order valence-corrected chi connectivity index (χ0v) is 13.9. The highest BCUT2D eigenvalue weighted by Gasteiger charge is 2.41. The number of hydrogen-bond acceptors (Lipinski definition) is 4. The molecule has 1 atom stereocenters. The fraction of sp³-hybridized carbons (Fsp3) is 0.556. The SMILES string of the molecule is CC[C@H]1CN(C(=O)c2cccc3c2C(=O)OC3(C)C)CCCO1. The van der Waals surface area contributed by atoms with Crippen LogP contribution in [-0.2, 0) is 15.1 Å². The van der Waals surface area contributed by atoms with Crippen LogP contribution in [0.25, 0.3) is 0 Å². The van der Waals surface area contributed by atoms with Gasteiger partial charge in [-0.2, -0.15) is 0 Å². The number of carbonyl (C=O) groups excluding carboxylic acids is 2. The first-order valence-corrected chi connectivity index (χ1v) is 8.21. The lowest BCUT2D eigenvalue weighted by Gasteiger charge is -2.24. The van der Waals surface area contributed by atoms with Crippen LogP contribution in [-0.4, -0.2) is 42.6 Å². The molecule has 23 heavy (non-hydrogen) atoms. The summed E-state index contributed by atoms with van der Waals surface area (Å²) in [5.41, 5.74) is 0.957. The molecule has 1 amide bonds. The molecule has 2 heterocycles. The third-order valence-electron chi connectivity index (χ3n) is 4.59. The van der Waals surface area contributed by atoms with Crippen molar-refractivity contribution in [2.24, 2.45) is 0 Å². The highest BCUT2D eigenvalue weighted by atomic mass is 16.6. The van der Waals surface area contributed by atoms with Gasteiger partial charge in [0.05, 0.1) is 17.2 Å². The molecule has 0 aromatic heterocycles. The number of nitrogens with zero attached hydrogens (tertiary/aromatic N) is 1. The van der Waals surface area contributed by atoms with Gasteiger partial charge in [-0.1, -0.05) is 19.1 Å². The van der Waals surface area contributed by atoms with Crippen molar-refractivity contribution < 1.29 is 19.1 Å². The minimum absolute atomic E-state index is 0.0570. The van der Waals surface area contributed by atoms with Gasteiger partial charge in [0.2, 0.25) is 0 Å². The molecule has 2 aliphatic rings. The first-order valence-electron chi connectivity index (χ1n) is 8.21. The number of hydrogen-bond donors (Lipinski definition) is 0. The number of esters is 1. The van der Waals surface area contributed by atoms with Crippen molar-refractivity contribution >= 4 is 11.9 Å². The van der Waals surface area contributed by atoms with Crippen LogP contribution in [0.1, 0.15) is 59.9 Å². The zero-order chi connectivity index (χ0) is 16.6. The first kappa shape index (κ1) is 16.0. The third-order valence-corrected chi connectivity index (χ3v) is 4.59. The molecule has 0 saturated carbocycles. The molecular formula is C18H23NO4. The van der Waals surface area contributed by atoms with Crippen molar-refractivity contribution in [2.45, 2.75) is 45.3 Å². The number of carbonyl (C=O) groups is 2. The lowest BCUT2D eigenvalue weighted by atomic mass is 9.92. The van der Waals surface area contributed by atoms with E-state index in [2.05, 4.69) is 6.92 Å². The second-order valence-corrected chi connectivity index (χ2v) is 6.63. The third kappa shape index (κ3) is 2.85. The van der Waals surface area contributed by atoms with E-state index in [1.54, 1.807) is 11.0 Å². The Balaban J connectivity index is 1.95.